The highest BCUT2D eigenvalue weighted by molar-refractivity contribution is 6.25. The molecule has 0 spiro atoms. The Hall–Kier alpha value is -15.6. The lowest BCUT2D eigenvalue weighted by Gasteiger charge is -2.18. The van der Waals surface area contributed by atoms with E-state index < -0.39 is 0 Å². The molecule has 6 heterocycles. The molecule has 0 aliphatic heterocycles. The van der Waals surface area contributed by atoms with Crippen LogP contribution in [0.4, 0.5) is 0 Å². The van der Waals surface area contributed by atoms with Crippen molar-refractivity contribution in [2.45, 2.75) is 0 Å². The molecule has 23 rings (SSSR count). The van der Waals surface area contributed by atoms with Crippen LogP contribution in [0.15, 0.2) is 427 Å². The topological polar surface area (TPSA) is 88.8 Å². The van der Waals surface area contributed by atoms with E-state index in [0.29, 0.717) is 5.39 Å². The fraction of sp³-hybridized carbons (Fsp3) is 0. The quantitative estimate of drug-likeness (QED) is 0.121. The van der Waals surface area contributed by atoms with Gasteiger partial charge in [0.1, 0.15) is 0 Å². The second-order valence-corrected chi connectivity index (χ2v) is 29.2. The molecule has 0 amide bonds. The van der Waals surface area contributed by atoms with Gasteiger partial charge in [-0.2, -0.15) is 0 Å². The maximum atomic E-state index is 14.4. The standard InChI is InChI=1S/2C37H24N2O.C32H20N2O/c40-37-31-18-10-19-32-35(31)36-33(20-11-21-34(36)39(37)29-16-8-3-9-17-29)38(32)30-23-27(25-12-4-1-5-13-25)22-28(24-30)26-14-6-2-7-15-26;40-37-31-18-10-19-32-35(31)36-33(38(32)29-16-8-3-9-17-29)20-11-21-34(36)39(37)30-23-27(25-12-4-1-5-13-25)22-28(24-30)26-14-6-2-7-15-26;35-32-27-14-8-15-28-31(27)30-23(20-33-28)13-7-16-29(30)34(32)26-18-24(21-9-3-1-4-10-21)17-25(19-26)22-11-5-2-6-12-22/h2*1-24H;1-20H. The summed E-state index contributed by atoms with van der Waals surface area (Å²) in [6, 6.07) is 139. The van der Waals surface area contributed by atoms with Crippen molar-refractivity contribution in [2.75, 3.05) is 0 Å². The first-order chi connectivity index (χ1) is 56.8. The van der Waals surface area contributed by atoms with Crippen LogP contribution in [0.3, 0.4) is 0 Å². The van der Waals surface area contributed by atoms with Gasteiger partial charge in [0.25, 0.3) is 16.7 Å². The lowest BCUT2D eigenvalue weighted by Crippen LogP contribution is -2.19. The average molecular weight is 1470 g/mol. The lowest BCUT2D eigenvalue weighted by atomic mass is 9.97. The zero-order chi connectivity index (χ0) is 76.6. The van der Waals surface area contributed by atoms with Crippen LogP contribution in [-0.2, 0) is 0 Å². The molecular weight excluding hydrogens is 1410 g/mol. The maximum absolute atomic E-state index is 14.4. The Balaban J connectivity index is 0.000000108. The van der Waals surface area contributed by atoms with Crippen LogP contribution in [0.2, 0.25) is 0 Å². The number of pyridine rings is 4. The Kier molecular flexibility index (Phi) is 16.5. The van der Waals surface area contributed by atoms with Crippen molar-refractivity contribution in [3.8, 4) is 95.2 Å². The predicted molar refractivity (Wildman–Crippen MR) is 476 cm³/mol. The summed E-state index contributed by atoms with van der Waals surface area (Å²) in [6.45, 7) is 0. The van der Waals surface area contributed by atoms with Gasteiger partial charge < -0.3 is 9.13 Å². The molecule has 540 valence electrons. The Morgan fingerprint density at radius 2 is 0.417 bits per heavy atom. The molecule has 6 aromatic heterocycles. The number of hydrogen-bond donors (Lipinski definition) is 0. The first-order valence-corrected chi connectivity index (χ1v) is 38.7. The summed E-state index contributed by atoms with van der Waals surface area (Å²) in [5.41, 5.74) is 25.8. The van der Waals surface area contributed by atoms with E-state index in [9.17, 15) is 14.4 Å². The summed E-state index contributed by atoms with van der Waals surface area (Å²) in [7, 11) is 0. The van der Waals surface area contributed by atoms with E-state index in [-0.39, 0.29) is 16.7 Å². The van der Waals surface area contributed by atoms with Crippen LogP contribution in [0.5, 0.6) is 0 Å². The molecule has 23 aromatic rings. The number of para-hydroxylation sites is 2. The maximum Gasteiger partial charge on any atom is 0.263 e. The molecule has 0 atom stereocenters. The van der Waals surface area contributed by atoms with Gasteiger partial charge >= 0.3 is 0 Å². The predicted octanol–water partition coefficient (Wildman–Crippen LogP) is 25.2. The molecule has 9 nitrogen and oxygen atoms in total. The van der Waals surface area contributed by atoms with Gasteiger partial charge in [-0.15, -0.1) is 0 Å². The van der Waals surface area contributed by atoms with Gasteiger partial charge in [-0.05, 0) is 212 Å². The molecule has 0 saturated carbocycles. The van der Waals surface area contributed by atoms with Crippen LogP contribution >= 0.6 is 0 Å². The fourth-order valence-electron chi connectivity index (χ4n) is 17.4. The van der Waals surface area contributed by atoms with Crippen molar-refractivity contribution >= 4 is 98.0 Å². The van der Waals surface area contributed by atoms with Crippen LogP contribution < -0.4 is 16.7 Å². The van der Waals surface area contributed by atoms with Crippen LogP contribution in [0.25, 0.3) is 193 Å². The molecular formula is C106H68N6O3. The van der Waals surface area contributed by atoms with Crippen molar-refractivity contribution in [3.05, 3.63) is 444 Å². The molecule has 0 N–H and O–H groups in total. The van der Waals surface area contributed by atoms with Crippen molar-refractivity contribution < 1.29 is 0 Å². The minimum atomic E-state index is -0.0344. The number of rotatable bonds is 11. The number of aromatic nitrogens is 6. The number of benzene rings is 17. The Morgan fingerprint density at radius 3 is 0.765 bits per heavy atom. The monoisotopic (exact) mass is 1470 g/mol. The third kappa shape index (κ3) is 11.6. The summed E-state index contributed by atoms with van der Waals surface area (Å²) in [5, 5.41) is 9.40. The van der Waals surface area contributed by atoms with E-state index in [1.54, 1.807) is 0 Å². The van der Waals surface area contributed by atoms with Gasteiger partial charge in [-0.1, -0.05) is 261 Å². The molecule has 0 aliphatic carbocycles. The van der Waals surface area contributed by atoms with Crippen molar-refractivity contribution in [1.82, 2.24) is 27.8 Å². The fourth-order valence-corrected chi connectivity index (χ4v) is 17.4. The summed E-state index contributed by atoms with van der Waals surface area (Å²) < 4.78 is 10.2. The third-order valence-electron chi connectivity index (χ3n) is 22.5. The zero-order valence-corrected chi connectivity index (χ0v) is 62.2. The van der Waals surface area contributed by atoms with Gasteiger partial charge in [0.15, 0.2) is 0 Å². The van der Waals surface area contributed by atoms with E-state index in [0.717, 1.165) is 177 Å². The minimum Gasteiger partial charge on any atom is -0.309 e. The van der Waals surface area contributed by atoms with Crippen molar-refractivity contribution in [1.29, 1.82) is 0 Å². The normalized spacial score (nSPS) is 11.6. The number of hydrogen-bond acceptors (Lipinski definition) is 4. The SMILES string of the molecule is O=c1c2cccc3c2c2c(cccc2n3-c2cc(-c3ccccc3)cc(-c3ccccc3)c2)n1-c1ccccc1.O=c1c2cccc3c2c2c(cccc2n3-c2ccccc2)n1-c1cc(-c2ccccc2)cc(-c2ccccc2)c1.O=c1c2cccc3ncc4cccc(c4c32)n1-c1cc(-c2ccccc2)cc(-c2ccccc2)c1. The molecule has 0 fully saturated rings. The van der Waals surface area contributed by atoms with Crippen LogP contribution in [0.1, 0.15) is 0 Å². The molecule has 0 bridgehead atoms. The van der Waals surface area contributed by atoms with E-state index in [2.05, 4.69) is 269 Å². The molecule has 0 aliphatic rings. The Labute approximate surface area is 660 Å². The Morgan fingerprint density at radius 1 is 0.174 bits per heavy atom. The van der Waals surface area contributed by atoms with Gasteiger partial charge in [-0.3, -0.25) is 33.1 Å². The first-order valence-electron chi connectivity index (χ1n) is 38.7. The molecule has 0 radical (unpaired) electrons. The van der Waals surface area contributed by atoms with Crippen LogP contribution in [0, 0.1) is 0 Å². The highest BCUT2D eigenvalue weighted by atomic mass is 16.1. The smallest absolute Gasteiger partial charge is 0.263 e. The molecule has 115 heavy (non-hydrogen) atoms. The average Bonchev–Trinajstić information content (AvgIpc) is 1.58. The van der Waals surface area contributed by atoms with E-state index in [1.807, 2.05) is 172 Å². The molecule has 0 unspecified atom stereocenters. The van der Waals surface area contributed by atoms with Gasteiger partial charge in [0, 0.05) is 61.0 Å². The van der Waals surface area contributed by atoms with Gasteiger partial charge in [-0.25, -0.2) is 0 Å². The largest absolute Gasteiger partial charge is 0.309 e. The molecule has 9 heteroatoms. The van der Waals surface area contributed by atoms with Crippen molar-refractivity contribution in [3.63, 3.8) is 0 Å². The van der Waals surface area contributed by atoms with Crippen molar-refractivity contribution in [2.24, 2.45) is 0 Å². The summed E-state index contributed by atoms with van der Waals surface area (Å²) in [5.74, 6) is 0. The highest BCUT2D eigenvalue weighted by Crippen LogP contribution is 2.44. The molecule has 17 aromatic carbocycles. The van der Waals surface area contributed by atoms with E-state index in [1.165, 1.54) is 11.1 Å². The second-order valence-electron chi connectivity index (χ2n) is 29.2. The highest BCUT2D eigenvalue weighted by Gasteiger charge is 2.26. The molecule has 0 saturated heterocycles. The van der Waals surface area contributed by atoms with Crippen LogP contribution in [-0.4, -0.2) is 27.8 Å². The summed E-state index contributed by atoms with van der Waals surface area (Å²) >= 11 is 0. The lowest BCUT2D eigenvalue weighted by molar-refractivity contribution is 1.06. The minimum absolute atomic E-state index is 0.00226. The summed E-state index contributed by atoms with van der Waals surface area (Å²) in [4.78, 5) is 47.0. The van der Waals surface area contributed by atoms with Gasteiger partial charge in [0.05, 0.1) is 71.7 Å². The van der Waals surface area contributed by atoms with E-state index in [4.69, 9.17) is 0 Å². The second kappa shape index (κ2) is 28.1. The first kappa shape index (κ1) is 67.5. The zero-order valence-electron chi connectivity index (χ0n) is 62.2. The summed E-state index contributed by atoms with van der Waals surface area (Å²) in [6.07, 6.45) is 1.90. The van der Waals surface area contributed by atoms with Gasteiger partial charge in [0.2, 0.25) is 0 Å². The third-order valence-corrected chi connectivity index (χ3v) is 22.5. The van der Waals surface area contributed by atoms with E-state index >= 15 is 0 Å². The Bertz CT molecular complexity index is 7620. The number of nitrogens with zero attached hydrogens (tertiary/aromatic N) is 6.